The maximum atomic E-state index is 9.84. The molecule has 2 unspecified atom stereocenters. The molecule has 1 aromatic rings. The number of aryl methyl sites for hydroxylation is 1. The third-order valence-electron chi connectivity index (χ3n) is 4.75. The Labute approximate surface area is 122 Å². The fourth-order valence-electron chi connectivity index (χ4n) is 3.72. The van der Waals surface area contributed by atoms with Crippen LogP contribution in [0.4, 0.5) is 0 Å². The Morgan fingerprint density at radius 1 is 1.55 bits per heavy atom. The van der Waals surface area contributed by atoms with Gasteiger partial charge in [-0.15, -0.1) is 0 Å². The topological polar surface area (TPSA) is 50.1 Å². The van der Waals surface area contributed by atoms with Crippen LogP contribution in [0.1, 0.15) is 58.2 Å². The molecule has 0 amide bonds. The molecule has 1 fully saturated rings. The Morgan fingerprint density at radius 3 is 3.00 bits per heavy atom. The number of hydrogen-bond acceptors (Lipinski definition) is 3. The van der Waals surface area contributed by atoms with E-state index < -0.39 is 0 Å². The average Bonchev–Trinajstić information content (AvgIpc) is 3.03. The summed E-state index contributed by atoms with van der Waals surface area (Å²) >= 11 is 0. The number of aliphatic hydroxyl groups excluding tert-OH is 1. The van der Waals surface area contributed by atoms with Crippen LogP contribution in [-0.4, -0.2) is 33.3 Å². The van der Waals surface area contributed by atoms with Crippen LogP contribution < -0.4 is 5.32 Å². The van der Waals surface area contributed by atoms with Crippen LogP contribution >= 0.6 is 0 Å². The Hall–Kier alpha value is -0.870. The lowest BCUT2D eigenvalue weighted by atomic mass is 9.85. The van der Waals surface area contributed by atoms with Crippen LogP contribution in [0.15, 0.2) is 12.4 Å². The number of aliphatic hydroxyl groups is 1. The van der Waals surface area contributed by atoms with Crippen molar-refractivity contribution < 1.29 is 5.11 Å². The van der Waals surface area contributed by atoms with Crippen LogP contribution in [0.5, 0.6) is 0 Å². The van der Waals surface area contributed by atoms with Gasteiger partial charge in [-0.2, -0.15) is 0 Å². The van der Waals surface area contributed by atoms with Crippen LogP contribution in [0.3, 0.4) is 0 Å². The maximum Gasteiger partial charge on any atom is 0.111 e. The van der Waals surface area contributed by atoms with Gasteiger partial charge in [0.25, 0.3) is 0 Å². The Bertz CT molecular complexity index is 416. The molecule has 0 saturated heterocycles. The lowest BCUT2D eigenvalue weighted by molar-refractivity contribution is 0.118. The van der Waals surface area contributed by atoms with Crippen LogP contribution in [0.2, 0.25) is 0 Å². The standard InChI is InChI=1S/C16H29N3O/c1-4-18-16(12-20)8-5-6-14(16)7-10-19-11-9-17-15(19)13(2)3/h9,11,13-14,18,20H,4-8,10,12H2,1-3H3. The minimum absolute atomic E-state index is 0.0483. The number of imidazole rings is 1. The van der Waals surface area contributed by atoms with Gasteiger partial charge in [-0.25, -0.2) is 4.98 Å². The molecule has 2 rings (SSSR count). The molecule has 0 bridgehead atoms. The second-order valence-electron chi connectivity index (χ2n) is 6.36. The molecule has 2 atom stereocenters. The van der Waals surface area contributed by atoms with E-state index in [-0.39, 0.29) is 12.1 Å². The second-order valence-corrected chi connectivity index (χ2v) is 6.36. The van der Waals surface area contributed by atoms with Crippen molar-refractivity contribution >= 4 is 0 Å². The van der Waals surface area contributed by atoms with Crippen molar-refractivity contribution in [1.82, 2.24) is 14.9 Å². The summed E-state index contributed by atoms with van der Waals surface area (Å²) < 4.78 is 2.27. The smallest absolute Gasteiger partial charge is 0.111 e. The summed E-state index contributed by atoms with van der Waals surface area (Å²) in [6, 6.07) is 0. The molecule has 114 valence electrons. The van der Waals surface area contributed by atoms with E-state index in [2.05, 4.69) is 41.8 Å². The first-order chi connectivity index (χ1) is 9.63. The molecule has 1 aromatic heterocycles. The highest BCUT2D eigenvalue weighted by atomic mass is 16.3. The van der Waals surface area contributed by atoms with E-state index >= 15 is 0 Å². The van der Waals surface area contributed by atoms with E-state index in [4.69, 9.17) is 0 Å². The van der Waals surface area contributed by atoms with E-state index in [9.17, 15) is 5.11 Å². The Kier molecular flexibility index (Phi) is 5.22. The summed E-state index contributed by atoms with van der Waals surface area (Å²) in [5.74, 6) is 2.20. The van der Waals surface area contributed by atoms with Crippen LogP contribution in [-0.2, 0) is 6.54 Å². The highest BCUT2D eigenvalue weighted by Crippen LogP contribution is 2.38. The van der Waals surface area contributed by atoms with Crippen molar-refractivity contribution in [3.63, 3.8) is 0 Å². The van der Waals surface area contributed by atoms with Crippen molar-refractivity contribution in [3.05, 3.63) is 18.2 Å². The molecular formula is C16H29N3O. The minimum Gasteiger partial charge on any atom is -0.394 e. The third-order valence-corrected chi connectivity index (χ3v) is 4.75. The number of nitrogens with zero attached hydrogens (tertiary/aromatic N) is 2. The number of likely N-dealkylation sites (N-methyl/N-ethyl adjacent to an activating group) is 1. The van der Waals surface area contributed by atoms with Gasteiger partial charge in [-0.1, -0.05) is 27.2 Å². The van der Waals surface area contributed by atoms with Gasteiger partial charge in [0.05, 0.1) is 6.61 Å². The van der Waals surface area contributed by atoms with Gasteiger partial charge in [-0.05, 0) is 31.7 Å². The predicted octanol–water partition coefficient (Wildman–Crippen LogP) is 2.54. The molecule has 0 spiro atoms. The molecule has 0 aliphatic heterocycles. The molecule has 1 heterocycles. The van der Waals surface area contributed by atoms with Crippen LogP contribution in [0.25, 0.3) is 0 Å². The molecular weight excluding hydrogens is 250 g/mol. The normalized spacial score (nSPS) is 26.6. The van der Waals surface area contributed by atoms with Gasteiger partial charge in [0, 0.05) is 30.4 Å². The molecule has 4 nitrogen and oxygen atoms in total. The van der Waals surface area contributed by atoms with E-state index in [1.807, 2.05) is 6.20 Å². The van der Waals surface area contributed by atoms with Gasteiger partial charge >= 0.3 is 0 Å². The van der Waals surface area contributed by atoms with Gasteiger partial charge < -0.3 is 15.0 Å². The third kappa shape index (κ3) is 3.07. The van der Waals surface area contributed by atoms with Gasteiger partial charge in [0.1, 0.15) is 5.82 Å². The van der Waals surface area contributed by atoms with Gasteiger partial charge in [0.15, 0.2) is 0 Å². The summed E-state index contributed by atoms with van der Waals surface area (Å²) in [5.41, 5.74) is -0.0483. The Morgan fingerprint density at radius 2 is 2.35 bits per heavy atom. The van der Waals surface area contributed by atoms with E-state index in [0.717, 1.165) is 25.9 Å². The molecule has 4 heteroatoms. The summed E-state index contributed by atoms with van der Waals surface area (Å²) in [6.45, 7) is 8.69. The minimum atomic E-state index is -0.0483. The SMILES string of the molecule is CCNC1(CO)CCCC1CCn1ccnc1C(C)C. The number of hydrogen-bond donors (Lipinski definition) is 2. The van der Waals surface area contributed by atoms with E-state index in [1.165, 1.54) is 18.7 Å². The molecule has 1 saturated carbocycles. The number of nitrogens with one attached hydrogen (secondary N) is 1. The van der Waals surface area contributed by atoms with Gasteiger partial charge in [-0.3, -0.25) is 0 Å². The first-order valence-corrected chi connectivity index (χ1v) is 8.00. The number of aromatic nitrogens is 2. The zero-order valence-corrected chi connectivity index (χ0v) is 13.1. The predicted molar refractivity (Wildman–Crippen MR) is 81.8 cm³/mol. The molecule has 0 aromatic carbocycles. The first-order valence-electron chi connectivity index (χ1n) is 8.00. The summed E-state index contributed by atoms with van der Waals surface area (Å²) in [4.78, 5) is 4.45. The van der Waals surface area contributed by atoms with E-state index in [1.54, 1.807) is 0 Å². The zero-order valence-electron chi connectivity index (χ0n) is 13.1. The van der Waals surface area contributed by atoms with Crippen molar-refractivity contribution in [3.8, 4) is 0 Å². The highest BCUT2D eigenvalue weighted by Gasteiger charge is 2.41. The fraction of sp³-hybridized carbons (Fsp3) is 0.812. The quantitative estimate of drug-likeness (QED) is 0.806. The summed E-state index contributed by atoms with van der Waals surface area (Å²) in [5, 5.41) is 13.4. The van der Waals surface area contributed by atoms with Crippen LogP contribution in [0, 0.1) is 5.92 Å². The van der Waals surface area contributed by atoms with E-state index in [0.29, 0.717) is 11.8 Å². The fourth-order valence-corrected chi connectivity index (χ4v) is 3.72. The maximum absolute atomic E-state index is 9.84. The molecule has 20 heavy (non-hydrogen) atoms. The monoisotopic (exact) mass is 279 g/mol. The van der Waals surface area contributed by atoms with Crippen molar-refractivity contribution in [1.29, 1.82) is 0 Å². The molecule has 2 N–H and O–H groups in total. The Balaban J connectivity index is 2.00. The summed E-state index contributed by atoms with van der Waals surface area (Å²) in [7, 11) is 0. The number of rotatable bonds is 7. The first kappa shape index (κ1) is 15.5. The van der Waals surface area contributed by atoms with Crippen molar-refractivity contribution in [2.24, 2.45) is 5.92 Å². The summed E-state index contributed by atoms with van der Waals surface area (Å²) in [6.07, 6.45) is 8.64. The highest BCUT2D eigenvalue weighted by molar-refractivity contribution is 5.01. The van der Waals surface area contributed by atoms with Crippen molar-refractivity contribution in [2.45, 2.75) is 64.5 Å². The van der Waals surface area contributed by atoms with Crippen molar-refractivity contribution in [2.75, 3.05) is 13.2 Å². The average molecular weight is 279 g/mol. The lowest BCUT2D eigenvalue weighted by Gasteiger charge is -2.35. The zero-order chi connectivity index (χ0) is 14.6. The largest absolute Gasteiger partial charge is 0.394 e. The lowest BCUT2D eigenvalue weighted by Crippen LogP contribution is -2.51. The molecule has 0 radical (unpaired) electrons. The van der Waals surface area contributed by atoms with Gasteiger partial charge in [0.2, 0.25) is 0 Å². The molecule has 1 aliphatic rings. The molecule has 1 aliphatic carbocycles. The second kappa shape index (κ2) is 6.72.